The van der Waals surface area contributed by atoms with Gasteiger partial charge in [0.2, 0.25) is 0 Å². The molecule has 2 aliphatic heterocycles. The number of hydrogen-bond acceptors (Lipinski definition) is 30. The first-order valence-corrected chi connectivity index (χ1v) is 40.2. The van der Waals surface area contributed by atoms with E-state index in [0.29, 0.717) is 31.8 Å². The van der Waals surface area contributed by atoms with Crippen molar-refractivity contribution >= 4 is 135 Å². The number of nitrogens with one attached hydrogen (secondary N) is 3. The third-order valence-corrected chi connectivity index (χ3v) is 22.4. The van der Waals surface area contributed by atoms with Gasteiger partial charge in [0, 0.05) is 68.1 Å². The lowest BCUT2D eigenvalue weighted by atomic mass is 9.88. The second-order valence-corrected chi connectivity index (χ2v) is 32.3. The van der Waals surface area contributed by atoms with Crippen molar-refractivity contribution in [3.05, 3.63) is 97.4 Å². The van der Waals surface area contributed by atoms with Gasteiger partial charge in [-0.05, 0) is 90.9 Å². The smallest absolute Gasteiger partial charge is 0.478 e. The normalized spacial score (nSPS) is 15.6. The molecule has 1 aromatic heterocycles. The van der Waals surface area contributed by atoms with E-state index in [1.165, 1.54) is 68.9 Å². The number of unbranched alkanes of at least 4 members (excludes halogenated alkanes) is 1. The summed E-state index contributed by atoms with van der Waals surface area (Å²) in [5.41, 5.74) is 9.66. The lowest BCUT2D eigenvalue weighted by molar-refractivity contribution is -0.0507. The fourth-order valence-corrected chi connectivity index (χ4v) is 15.4. The van der Waals surface area contributed by atoms with Crippen LogP contribution in [0.2, 0.25) is 0 Å². The summed E-state index contributed by atoms with van der Waals surface area (Å²) < 4.78 is 164. The summed E-state index contributed by atoms with van der Waals surface area (Å²) in [6.45, 7) is 8.10. The van der Waals surface area contributed by atoms with Crippen LogP contribution in [0, 0.1) is 11.8 Å². The molecule has 6 rings (SSSR count). The monoisotopic (exact) mass is 1550 g/mol. The van der Waals surface area contributed by atoms with Gasteiger partial charge in [-0.2, -0.15) is 21.8 Å². The molecular formula is C54H68N7O28P3S6+2. The SMILES string of the molecule is C=c1ccc2c(c1S(=O)(=O)O)Oc1c(ccc(N)c1S(=O)(=O)O)C=2c1cc(C(=O)NCCOCCOCCNC(=O)OCCC(C)(C)SSCOCCCCOC(=O)NCC#Cc2cn(C3C[C@H](OCSSC)[C@@H](CO[P+](=O)O[P+](=O)OP(=O)(O)O)O3)c(=O)nc2N)ccc1C(=O)O. The topological polar surface area (TPSA) is 513 Å². The molecule has 0 aliphatic carbocycles. The Morgan fingerprint density at radius 2 is 1.53 bits per heavy atom. The minimum absolute atomic E-state index is 0.0166. The van der Waals surface area contributed by atoms with E-state index >= 15 is 0 Å². The number of carboxylic acids is 1. The predicted molar refractivity (Wildman–Crippen MR) is 358 cm³/mol. The molecule has 44 heteroatoms. The number of alkyl carbamates (subject to hydrolysis) is 2. The van der Waals surface area contributed by atoms with E-state index in [-0.39, 0.29) is 120 Å². The van der Waals surface area contributed by atoms with Crippen molar-refractivity contribution in [3.63, 3.8) is 0 Å². The highest BCUT2D eigenvalue weighted by Crippen LogP contribution is 2.52. The highest BCUT2D eigenvalue weighted by atomic mass is 33.1. The number of hydrogen-bond donors (Lipinski definition) is 10. The molecule has 0 spiro atoms. The Morgan fingerprint density at radius 1 is 0.847 bits per heavy atom. The average molecular weight is 1550 g/mol. The molecule has 3 amide bonds. The van der Waals surface area contributed by atoms with Gasteiger partial charge in [-0.25, -0.2) is 23.7 Å². The second kappa shape index (κ2) is 38.1. The minimum atomic E-state index is -5.20. The van der Waals surface area contributed by atoms with Gasteiger partial charge in [-0.3, -0.25) is 18.5 Å². The third kappa shape index (κ3) is 25.2. The quantitative estimate of drug-likeness (QED) is 0.00469. The summed E-state index contributed by atoms with van der Waals surface area (Å²) in [5, 5.41) is 17.6. The Balaban J connectivity index is 0.805. The van der Waals surface area contributed by atoms with E-state index < -0.39 is 132 Å². The van der Waals surface area contributed by atoms with Crippen molar-refractivity contribution in [1.29, 1.82) is 0 Å². The zero-order valence-corrected chi connectivity index (χ0v) is 59.6. The number of fused-ring (bicyclic) bond motifs is 2. The highest BCUT2D eigenvalue weighted by Gasteiger charge is 2.48. The number of carbonyl (C=O) groups is 4. The van der Waals surface area contributed by atoms with E-state index in [4.69, 9.17) is 63.7 Å². The Labute approximate surface area is 577 Å². The predicted octanol–water partition coefficient (Wildman–Crippen LogP) is 5.03. The molecule has 3 aromatic carbocycles. The largest absolute Gasteiger partial charge is 0.758 e. The Morgan fingerprint density at radius 3 is 2.21 bits per heavy atom. The molecule has 12 N–H and O–H groups in total. The van der Waals surface area contributed by atoms with E-state index in [9.17, 15) is 68.7 Å². The molecule has 3 heterocycles. The van der Waals surface area contributed by atoms with E-state index in [1.54, 1.807) is 10.8 Å². The molecule has 4 aromatic rings. The van der Waals surface area contributed by atoms with Crippen molar-refractivity contribution in [2.75, 3.05) is 102 Å². The standard InChI is InChI=1S/C54H66N7O28P3S6/c1-32-9-11-36-43(37-13-14-39(55)47(98(76,77)78)45(37)87-44(36)46(32)97(73,74)75)38-26-33(10-12-35(38)50(63)64)49(62)57-17-22-79-24-25-80-23-18-59-53(67)83-21-15-54(2,3)96-95-30-81-19-5-6-20-82-52(66)58-16-7-8-34-28-61(51(65)60-48(34)56)42-27-40(84-31-94-93-4)41(86-42)29-85-90(68)88-91(69)89-92(70,71)72/h9-14,26,28,40-42H,1,5-6,15-25,27,29-31,55H2,2-4H3,(H8-2,56,57,58,59,60,62,63,64,65,66,67,70,71,72,73,74,75,76,77,78)/p+2/t40-,41+,42?/m0/s1. The van der Waals surface area contributed by atoms with Gasteiger partial charge in [-0.1, -0.05) is 67.7 Å². The van der Waals surface area contributed by atoms with Crippen LogP contribution in [0.15, 0.2) is 63.2 Å². The summed E-state index contributed by atoms with van der Waals surface area (Å²) in [4.78, 5) is 83.0. The first-order chi connectivity index (χ1) is 46.3. The van der Waals surface area contributed by atoms with Crippen molar-refractivity contribution in [2.24, 2.45) is 0 Å². The number of anilines is 2. The number of carbonyl (C=O) groups excluding carboxylic acids is 3. The van der Waals surface area contributed by atoms with Crippen molar-refractivity contribution in [3.8, 4) is 23.3 Å². The van der Waals surface area contributed by atoms with Gasteiger partial charge in [0.25, 0.3) is 26.1 Å². The fourth-order valence-electron chi connectivity index (χ4n) is 8.82. The van der Waals surface area contributed by atoms with Crippen LogP contribution in [0.5, 0.6) is 11.5 Å². The van der Waals surface area contributed by atoms with E-state index in [1.807, 2.05) is 20.1 Å². The van der Waals surface area contributed by atoms with Crippen LogP contribution < -0.4 is 48.3 Å². The highest BCUT2D eigenvalue weighted by molar-refractivity contribution is 8.77. The Kier molecular flexibility index (Phi) is 31.5. The molecule has 5 atom stereocenters. The number of aromatic nitrogens is 2. The number of amides is 3. The molecule has 1 fully saturated rings. The van der Waals surface area contributed by atoms with Gasteiger partial charge in [0.05, 0.1) is 69.1 Å². The number of carboxylic acid groups (broad SMARTS) is 1. The zero-order valence-electron chi connectivity index (χ0n) is 52.0. The Hall–Kier alpha value is -6.03. The van der Waals surface area contributed by atoms with Gasteiger partial charge in [0.15, 0.2) is 20.7 Å². The molecule has 536 valence electrons. The van der Waals surface area contributed by atoms with Gasteiger partial charge in [0.1, 0.15) is 41.5 Å². The molecule has 98 heavy (non-hydrogen) atoms. The minimum Gasteiger partial charge on any atom is -0.478 e. The second-order valence-electron chi connectivity index (χ2n) is 20.7. The summed E-state index contributed by atoms with van der Waals surface area (Å²) in [5.74, 6) is 2.28. The van der Waals surface area contributed by atoms with Crippen molar-refractivity contribution in [1.82, 2.24) is 25.5 Å². The van der Waals surface area contributed by atoms with Crippen molar-refractivity contribution in [2.45, 2.75) is 72.5 Å². The van der Waals surface area contributed by atoms with Gasteiger partial charge in [-0.15, -0.1) is 4.52 Å². The number of nitrogen functional groups attached to an aromatic ring is 2. The van der Waals surface area contributed by atoms with Crippen LogP contribution in [-0.2, 0) is 80.2 Å². The number of benzene rings is 3. The molecule has 0 bridgehead atoms. The van der Waals surface area contributed by atoms with Crippen LogP contribution in [0.1, 0.15) is 83.2 Å². The molecule has 35 nitrogen and oxygen atoms in total. The number of nitrogens with zero attached hydrogens (tertiary/aromatic N) is 2. The van der Waals surface area contributed by atoms with Crippen LogP contribution in [0.25, 0.3) is 12.2 Å². The molecule has 1 saturated heterocycles. The number of rotatable bonds is 39. The molecule has 0 radical (unpaired) electrons. The first kappa shape index (κ1) is 80.9. The number of nitrogens with two attached hydrogens (primary N) is 2. The molecular weight excluding hydrogens is 1480 g/mol. The summed E-state index contributed by atoms with van der Waals surface area (Å²) >= 11 is 0. The van der Waals surface area contributed by atoms with Crippen LogP contribution in [0.4, 0.5) is 21.1 Å². The maximum Gasteiger partial charge on any atom is 0.758 e. The summed E-state index contributed by atoms with van der Waals surface area (Å²) in [6.07, 6.45) is 0.787. The average Bonchev–Trinajstić information content (AvgIpc) is 0.790. The van der Waals surface area contributed by atoms with Crippen LogP contribution in [-0.4, -0.2) is 182 Å². The lowest BCUT2D eigenvalue weighted by Crippen LogP contribution is -2.30. The molecule has 0 saturated carbocycles. The molecule has 2 aliphatic rings. The van der Waals surface area contributed by atoms with Crippen molar-refractivity contribution < 1.29 is 125 Å². The number of aromatic carboxylic acids is 1. The first-order valence-electron chi connectivity index (χ1n) is 28.5. The van der Waals surface area contributed by atoms with Crippen LogP contribution in [0.3, 0.4) is 0 Å². The van der Waals surface area contributed by atoms with E-state index in [0.717, 1.165) is 16.7 Å². The van der Waals surface area contributed by atoms with Crippen LogP contribution >= 0.6 is 67.5 Å². The Bertz CT molecular complexity index is 4120. The maximum absolute atomic E-state index is 13.4. The summed E-state index contributed by atoms with van der Waals surface area (Å²) in [6, 6.07) is 8.32. The van der Waals surface area contributed by atoms with E-state index in [2.05, 4.69) is 48.0 Å². The third-order valence-electron chi connectivity index (χ3n) is 13.2. The molecule has 3 unspecified atom stereocenters. The zero-order chi connectivity index (χ0) is 72.0. The lowest BCUT2D eigenvalue weighted by Gasteiger charge is -2.25. The van der Waals surface area contributed by atoms with Gasteiger partial charge < -0.3 is 80.2 Å². The fraction of sp³-hybridized carbons (Fsp3) is 0.444. The summed E-state index contributed by atoms with van der Waals surface area (Å²) in [7, 11) is -16.4. The number of ether oxygens (including phenoxy) is 8. The number of phosphoric acid groups is 1. The maximum atomic E-state index is 13.4. The van der Waals surface area contributed by atoms with Gasteiger partial charge >= 0.3 is 48.2 Å².